The fourth-order valence-electron chi connectivity index (χ4n) is 2.98. The van der Waals surface area contributed by atoms with Crippen LogP contribution in [0.4, 0.5) is 5.69 Å². The summed E-state index contributed by atoms with van der Waals surface area (Å²) in [5.74, 6) is -0.785. The third-order valence-corrected chi connectivity index (χ3v) is 4.18. The van der Waals surface area contributed by atoms with E-state index >= 15 is 0 Å². The molecule has 0 bridgehead atoms. The zero-order valence-electron chi connectivity index (χ0n) is 13.8. The molecule has 0 aliphatic carbocycles. The third-order valence-electron chi connectivity index (χ3n) is 4.18. The van der Waals surface area contributed by atoms with E-state index < -0.39 is 5.97 Å². The number of para-hydroxylation sites is 1. The van der Waals surface area contributed by atoms with Gasteiger partial charge in [0, 0.05) is 12.2 Å². The summed E-state index contributed by atoms with van der Waals surface area (Å²) in [5, 5.41) is 8.73. The number of aryl methyl sites for hydroxylation is 1. The van der Waals surface area contributed by atoms with Crippen molar-refractivity contribution in [2.75, 3.05) is 18.1 Å². The van der Waals surface area contributed by atoms with Gasteiger partial charge in [-0.2, -0.15) is 5.26 Å². The maximum absolute atomic E-state index is 12.5. The van der Waals surface area contributed by atoms with E-state index in [1.54, 1.807) is 29.2 Å². The third kappa shape index (κ3) is 3.86. The first kappa shape index (κ1) is 16.7. The number of carbonyl (C=O) groups is 2. The molecule has 0 aromatic heterocycles. The highest BCUT2D eigenvalue weighted by atomic mass is 16.5. The van der Waals surface area contributed by atoms with Crippen LogP contribution in [0.1, 0.15) is 27.9 Å². The number of esters is 1. The number of fused-ring (bicyclic) bond motifs is 1. The first-order valence-corrected chi connectivity index (χ1v) is 8.20. The van der Waals surface area contributed by atoms with Crippen molar-refractivity contribution >= 4 is 17.6 Å². The van der Waals surface area contributed by atoms with Gasteiger partial charge in [0.15, 0.2) is 6.61 Å². The van der Waals surface area contributed by atoms with E-state index in [0.717, 1.165) is 29.7 Å². The average Bonchev–Trinajstić information content (AvgIpc) is 2.66. The molecule has 0 atom stereocenters. The molecule has 2 aromatic rings. The highest BCUT2D eigenvalue weighted by Crippen LogP contribution is 2.26. The molecule has 2 aromatic carbocycles. The lowest BCUT2D eigenvalue weighted by Gasteiger charge is -2.29. The fourth-order valence-corrected chi connectivity index (χ4v) is 2.98. The molecule has 0 radical (unpaired) electrons. The summed E-state index contributed by atoms with van der Waals surface area (Å²) in [4.78, 5) is 26.3. The number of nitriles is 1. The number of carbonyl (C=O) groups excluding carboxylic acids is 2. The van der Waals surface area contributed by atoms with Crippen molar-refractivity contribution < 1.29 is 14.3 Å². The summed E-state index contributed by atoms with van der Waals surface area (Å²) in [5.41, 5.74) is 3.12. The van der Waals surface area contributed by atoms with Crippen molar-refractivity contribution in [1.82, 2.24) is 0 Å². The largest absolute Gasteiger partial charge is 0.452 e. The zero-order valence-corrected chi connectivity index (χ0v) is 13.8. The van der Waals surface area contributed by atoms with Crippen LogP contribution in [-0.4, -0.2) is 25.0 Å². The Labute approximate surface area is 146 Å². The van der Waals surface area contributed by atoms with Crippen LogP contribution in [0.2, 0.25) is 0 Å². The molecular weight excluding hydrogens is 316 g/mol. The van der Waals surface area contributed by atoms with Crippen LogP contribution < -0.4 is 4.90 Å². The molecule has 3 rings (SSSR count). The van der Waals surface area contributed by atoms with Gasteiger partial charge in [-0.25, -0.2) is 4.79 Å². The molecule has 0 unspecified atom stereocenters. The normalized spacial score (nSPS) is 12.8. The van der Waals surface area contributed by atoms with Crippen LogP contribution >= 0.6 is 0 Å². The Morgan fingerprint density at radius 3 is 2.84 bits per heavy atom. The number of amides is 1. The first-order chi connectivity index (χ1) is 12.2. The number of anilines is 1. The molecule has 126 valence electrons. The number of rotatable bonds is 4. The van der Waals surface area contributed by atoms with Crippen molar-refractivity contribution in [2.45, 2.75) is 19.3 Å². The topological polar surface area (TPSA) is 70.4 Å². The van der Waals surface area contributed by atoms with Gasteiger partial charge < -0.3 is 9.64 Å². The maximum atomic E-state index is 12.5. The maximum Gasteiger partial charge on any atom is 0.338 e. The minimum absolute atomic E-state index is 0.227. The zero-order chi connectivity index (χ0) is 17.6. The van der Waals surface area contributed by atoms with E-state index in [1.165, 1.54) is 0 Å². The van der Waals surface area contributed by atoms with Crippen LogP contribution in [0.25, 0.3) is 0 Å². The molecule has 0 saturated carbocycles. The average molecular weight is 334 g/mol. The summed E-state index contributed by atoms with van der Waals surface area (Å²) in [6.45, 7) is 0.334. The van der Waals surface area contributed by atoms with Gasteiger partial charge in [-0.15, -0.1) is 0 Å². The predicted molar refractivity (Wildman–Crippen MR) is 93.2 cm³/mol. The molecule has 1 aliphatic heterocycles. The summed E-state index contributed by atoms with van der Waals surface area (Å²) >= 11 is 0. The Hall–Kier alpha value is -3.13. The summed E-state index contributed by atoms with van der Waals surface area (Å²) in [6, 6.07) is 16.5. The van der Waals surface area contributed by atoms with Crippen molar-refractivity contribution in [3.8, 4) is 6.07 Å². The minimum atomic E-state index is -0.557. The Morgan fingerprint density at radius 1 is 1.16 bits per heavy atom. The van der Waals surface area contributed by atoms with Crippen LogP contribution in [0.3, 0.4) is 0 Å². The van der Waals surface area contributed by atoms with Gasteiger partial charge in [0.1, 0.15) is 0 Å². The molecule has 1 heterocycles. The van der Waals surface area contributed by atoms with E-state index in [4.69, 9.17) is 10.00 Å². The van der Waals surface area contributed by atoms with Crippen molar-refractivity contribution in [1.29, 1.82) is 5.26 Å². The standard InChI is InChI=1S/C20H18N2O3/c21-11-10-15-5-3-7-17(13-15)20(24)25-14-19(23)22-12-4-8-16-6-1-2-9-18(16)22/h1-3,5-7,9,13H,4,8,10,12,14H2. The lowest BCUT2D eigenvalue weighted by molar-refractivity contribution is -0.121. The molecule has 25 heavy (non-hydrogen) atoms. The van der Waals surface area contributed by atoms with E-state index in [-0.39, 0.29) is 18.9 Å². The number of benzene rings is 2. The lowest BCUT2D eigenvalue weighted by atomic mass is 10.0. The molecule has 0 N–H and O–H groups in total. The Kier molecular flexibility index (Phi) is 5.10. The van der Waals surface area contributed by atoms with Gasteiger partial charge in [0.25, 0.3) is 5.91 Å². The first-order valence-electron chi connectivity index (χ1n) is 8.20. The molecular formula is C20H18N2O3. The van der Waals surface area contributed by atoms with Gasteiger partial charge in [0.05, 0.1) is 18.1 Å². The minimum Gasteiger partial charge on any atom is -0.452 e. The molecule has 0 fully saturated rings. The SMILES string of the molecule is N#CCc1cccc(C(=O)OCC(=O)N2CCCc3ccccc32)c1. The van der Waals surface area contributed by atoms with Gasteiger partial charge in [-0.3, -0.25) is 4.79 Å². The summed E-state index contributed by atoms with van der Waals surface area (Å²) in [7, 11) is 0. The van der Waals surface area contributed by atoms with E-state index in [9.17, 15) is 9.59 Å². The highest BCUT2D eigenvalue weighted by Gasteiger charge is 2.23. The number of hydrogen-bond acceptors (Lipinski definition) is 4. The van der Waals surface area contributed by atoms with Gasteiger partial charge in [-0.05, 0) is 42.2 Å². The molecule has 1 aliphatic rings. The highest BCUT2D eigenvalue weighted by molar-refractivity contribution is 5.98. The van der Waals surface area contributed by atoms with Gasteiger partial charge in [-0.1, -0.05) is 30.3 Å². The van der Waals surface area contributed by atoms with Crippen LogP contribution in [-0.2, 0) is 22.4 Å². The summed E-state index contributed by atoms with van der Waals surface area (Å²) < 4.78 is 5.18. The van der Waals surface area contributed by atoms with Crippen molar-refractivity contribution in [3.63, 3.8) is 0 Å². The smallest absolute Gasteiger partial charge is 0.338 e. The van der Waals surface area contributed by atoms with Crippen LogP contribution in [0.15, 0.2) is 48.5 Å². The van der Waals surface area contributed by atoms with Gasteiger partial charge in [0.2, 0.25) is 0 Å². The fraction of sp³-hybridized carbons (Fsp3) is 0.250. The molecule has 5 nitrogen and oxygen atoms in total. The monoisotopic (exact) mass is 334 g/mol. The molecule has 1 amide bonds. The number of nitrogens with zero attached hydrogens (tertiary/aromatic N) is 2. The second-order valence-corrected chi connectivity index (χ2v) is 5.89. The molecule has 0 spiro atoms. The Morgan fingerprint density at radius 2 is 2.00 bits per heavy atom. The van der Waals surface area contributed by atoms with Gasteiger partial charge >= 0.3 is 5.97 Å². The van der Waals surface area contributed by atoms with Crippen LogP contribution in [0.5, 0.6) is 0 Å². The number of ether oxygens (including phenoxy) is 1. The number of hydrogen-bond donors (Lipinski definition) is 0. The van der Waals surface area contributed by atoms with E-state index in [1.807, 2.05) is 30.3 Å². The molecule has 0 saturated heterocycles. The Balaban J connectivity index is 1.64. The predicted octanol–water partition coefficient (Wildman–Crippen LogP) is 2.89. The van der Waals surface area contributed by atoms with E-state index in [0.29, 0.717) is 12.1 Å². The second kappa shape index (κ2) is 7.63. The lowest BCUT2D eigenvalue weighted by Crippen LogP contribution is -2.38. The summed E-state index contributed by atoms with van der Waals surface area (Å²) in [6.07, 6.45) is 2.07. The second-order valence-electron chi connectivity index (χ2n) is 5.89. The van der Waals surface area contributed by atoms with Crippen LogP contribution in [0, 0.1) is 11.3 Å². The van der Waals surface area contributed by atoms with E-state index in [2.05, 4.69) is 0 Å². The quantitative estimate of drug-likeness (QED) is 0.806. The molecule has 5 heteroatoms. The van der Waals surface area contributed by atoms with Crippen molar-refractivity contribution in [2.24, 2.45) is 0 Å². The van der Waals surface area contributed by atoms with Crippen molar-refractivity contribution in [3.05, 3.63) is 65.2 Å². The Bertz CT molecular complexity index is 839.